The lowest BCUT2D eigenvalue weighted by Gasteiger charge is -2.29. The Balaban J connectivity index is 1.57. The van der Waals surface area contributed by atoms with E-state index < -0.39 is 0 Å². The van der Waals surface area contributed by atoms with E-state index in [9.17, 15) is 4.79 Å². The van der Waals surface area contributed by atoms with Crippen LogP contribution in [0.2, 0.25) is 0 Å². The van der Waals surface area contributed by atoms with Crippen LogP contribution in [-0.2, 0) is 0 Å². The summed E-state index contributed by atoms with van der Waals surface area (Å²) in [5.41, 5.74) is 2.53. The zero-order valence-corrected chi connectivity index (χ0v) is 12.7. The highest BCUT2D eigenvalue weighted by atomic mass is 32.2. The molecule has 0 aliphatic carbocycles. The Labute approximate surface area is 133 Å². The Morgan fingerprint density at radius 3 is 2.73 bits per heavy atom. The van der Waals surface area contributed by atoms with Crippen molar-refractivity contribution in [1.29, 1.82) is 0 Å². The van der Waals surface area contributed by atoms with Crippen LogP contribution >= 0.6 is 11.8 Å². The van der Waals surface area contributed by atoms with Crippen LogP contribution in [0.1, 0.15) is 22.1 Å². The fourth-order valence-electron chi connectivity index (χ4n) is 2.62. The van der Waals surface area contributed by atoms with Crippen LogP contribution in [0.4, 0.5) is 5.69 Å². The summed E-state index contributed by atoms with van der Waals surface area (Å²) < 4.78 is 5.92. The smallest absolute Gasteiger partial charge is 0.255 e. The number of fused-ring (bicyclic) bond motifs is 1. The van der Waals surface area contributed by atoms with Crippen LogP contribution in [0.3, 0.4) is 0 Å². The molecule has 0 saturated carbocycles. The number of carbonyl (C=O) groups is 1. The fraction of sp³-hybridized carbons (Fsp3) is 0.235. The minimum Gasteiger partial charge on any atom is -0.489 e. The molecule has 2 aliphatic heterocycles. The summed E-state index contributed by atoms with van der Waals surface area (Å²) in [6.07, 6.45) is 0.0802. The van der Waals surface area contributed by atoms with Crippen molar-refractivity contribution in [3.05, 3.63) is 59.7 Å². The van der Waals surface area contributed by atoms with E-state index in [0.29, 0.717) is 11.7 Å². The van der Waals surface area contributed by atoms with Crippen molar-refractivity contribution in [2.45, 2.75) is 12.3 Å². The van der Waals surface area contributed by atoms with Gasteiger partial charge in [0.15, 0.2) is 0 Å². The van der Waals surface area contributed by atoms with Gasteiger partial charge in [-0.15, -0.1) is 0 Å². The number of anilines is 1. The molecule has 0 bridgehead atoms. The predicted molar refractivity (Wildman–Crippen MR) is 88.5 cm³/mol. The zero-order chi connectivity index (χ0) is 14.9. The van der Waals surface area contributed by atoms with Crippen LogP contribution < -0.4 is 15.4 Å². The third kappa shape index (κ3) is 2.52. The molecule has 1 saturated heterocycles. The minimum atomic E-state index is -0.235. The van der Waals surface area contributed by atoms with Gasteiger partial charge in [0.1, 0.15) is 18.0 Å². The average molecular weight is 312 g/mol. The number of thioether (sulfide) groups is 1. The SMILES string of the molecule is O=C1N[C@@H](c2cccc(OC3CSC3)c2)Nc2ccccc21. The maximum absolute atomic E-state index is 12.2. The average Bonchev–Trinajstić information content (AvgIpc) is 2.51. The molecule has 1 fully saturated rings. The molecule has 2 N–H and O–H groups in total. The van der Waals surface area contributed by atoms with Crippen molar-refractivity contribution in [3.63, 3.8) is 0 Å². The van der Waals surface area contributed by atoms with Gasteiger partial charge in [0.05, 0.1) is 5.56 Å². The lowest BCUT2D eigenvalue weighted by atomic mass is 10.1. The van der Waals surface area contributed by atoms with E-state index >= 15 is 0 Å². The molecule has 2 aliphatic rings. The highest BCUT2D eigenvalue weighted by Crippen LogP contribution is 2.29. The Morgan fingerprint density at radius 2 is 1.91 bits per heavy atom. The van der Waals surface area contributed by atoms with Crippen LogP contribution in [0.5, 0.6) is 5.75 Å². The van der Waals surface area contributed by atoms with E-state index in [0.717, 1.165) is 28.5 Å². The number of amides is 1. The Morgan fingerprint density at radius 1 is 1.05 bits per heavy atom. The molecule has 5 heteroatoms. The first-order valence-electron chi connectivity index (χ1n) is 7.30. The standard InChI is InChI=1S/C17H16N2O2S/c20-17-14-6-1-2-7-15(14)18-16(19-17)11-4-3-5-12(8-11)21-13-9-22-10-13/h1-8,13,16,18H,9-10H2,(H,19,20)/t16-/m0/s1. The normalized spacial score (nSPS) is 20.4. The van der Waals surface area contributed by atoms with Crippen molar-refractivity contribution < 1.29 is 9.53 Å². The number of rotatable bonds is 3. The Bertz CT molecular complexity index is 715. The molecular formula is C17H16N2O2S. The van der Waals surface area contributed by atoms with Crippen LogP contribution in [0.15, 0.2) is 48.5 Å². The number of benzene rings is 2. The van der Waals surface area contributed by atoms with Gasteiger partial charge < -0.3 is 15.4 Å². The van der Waals surface area contributed by atoms with Crippen molar-refractivity contribution in [1.82, 2.24) is 5.32 Å². The van der Waals surface area contributed by atoms with Gasteiger partial charge in [-0.25, -0.2) is 0 Å². The van der Waals surface area contributed by atoms with Gasteiger partial charge in [-0.1, -0.05) is 24.3 Å². The zero-order valence-electron chi connectivity index (χ0n) is 11.9. The maximum Gasteiger partial charge on any atom is 0.255 e. The van der Waals surface area contributed by atoms with E-state index in [2.05, 4.69) is 10.6 Å². The molecule has 1 amide bonds. The first-order valence-corrected chi connectivity index (χ1v) is 8.46. The van der Waals surface area contributed by atoms with Gasteiger partial charge in [-0.05, 0) is 29.8 Å². The molecule has 4 nitrogen and oxygen atoms in total. The van der Waals surface area contributed by atoms with Crippen LogP contribution in [0, 0.1) is 0 Å². The van der Waals surface area contributed by atoms with Crippen molar-refractivity contribution in [3.8, 4) is 5.75 Å². The molecule has 112 valence electrons. The molecular weight excluding hydrogens is 296 g/mol. The molecule has 0 spiro atoms. The summed E-state index contributed by atoms with van der Waals surface area (Å²) >= 11 is 1.89. The molecule has 2 aromatic carbocycles. The molecule has 0 radical (unpaired) electrons. The summed E-state index contributed by atoms with van der Waals surface area (Å²) in [6.45, 7) is 0. The second-order valence-electron chi connectivity index (χ2n) is 5.45. The van der Waals surface area contributed by atoms with Crippen molar-refractivity contribution in [2.24, 2.45) is 0 Å². The first-order chi connectivity index (χ1) is 10.8. The predicted octanol–water partition coefficient (Wildman–Crippen LogP) is 3.03. The van der Waals surface area contributed by atoms with Gasteiger partial charge in [0, 0.05) is 17.2 Å². The first kappa shape index (κ1) is 13.5. The van der Waals surface area contributed by atoms with E-state index in [-0.39, 0.29) is 12.1 Å². The number of carbonyl (C=O) groups excluding carboxylic acids is 1. The molecule has 2 aromatic rings. The second kappa shape index (κ2) is 5.57. The molecule has 1 atom stereocenters. The number of hydrogen-bond acceptors (Lipinski definition) is 4. The molecule has 2 heterocycles. The topological polar surface area (TPSA) is 50.4 Å². The summed E-state index contributed by atoms with van der Waals surface area (Å²) in [4.78, 5) is 12.2. The Kier molecular flexibility index (Phi) is 3.42. The lowest BCUT2D eigenvalue weighted by molar-refractivity contribution is 0.0935. The van der Waals surface area contributed by atoms with Crippen LogP contribution in [0.25, 0.3) is 0 Å². The van der Waals surface area contributed by atoms with Gasteiger partial charge in [0.2, 0.25) is 0 Å². The van der Waals surface area contributed by atoms with E-state index in [1.165, 1.54) is 0 Å². The molecule has 0 unspecified atom stereocenters. The van der Waals surface area contributed by atoms with Gasteiger partial charge in [0.25, 0.3) is 5.91 Å². The van der Waals surface area contributed by atoms with E-state index in [4.69, 9.17) is 4.74 Å². The minimum absolute atomic E-state index is 0.0546. The highest BCUT2D eigenvalue weighted by molar-refractivity contribution is 8.00. The second-order valence-corrected chi connectivity index (χ2v) is 6.52. The van der Waals surface area contributed by atoms with Crippen LogP contribution in [-0.4, -0.2) is 23.5 Å². The largest absolute Gasteiger partial charge is 0.489 e. The van der Waals surface area contributed by atoms with Gasteiger partial charge >= 0.3 is 0 Å². The highest BCUT2D eigenvalue weighted by Gasteiger charge is 2.25. The fourth-order valence-corrected chi connectivity index (χ4v) is 3.18. The van der Waals surface area contributed by atoms with Gasteiger partial charge in [-0.3, -0.25) is 4.79 Å². The third-order valence-electron chi connectivity index (χ3n) is 3.85. The molecule has 4 rings (SSSR count). The van der Waals surface area contributed by atoms with E-state index in [1.54, 1.807) is 0 Å². The maximum atomic E-state index is 12.2. The number of hydrogen-bond donors (Lipinski definition) is 2. The summed E-state index contributed by atoms with van der Waals surface area (Å²) in [6, 6.07) is 15.5. The van der Waals surface area contributed by atoms with Crippen molar-refractivity contribution >= 4 is 23.4 Å². The number of ether oxygens (including phenoxy) is 1. The van der Waals surface area contributed by atoms with Gasteiger partial charge in [-0.2, -0.15) is 11.8 Å². The lowest BCUT2D eigenvalue weighted by Crippen LogP contribution is -2.38. The summed E-state index contributed by atoms with van der Waals surface area (Å²) in [7, 11) is 0. The molecule has 22 heavy (non-hydrogen) atoms. The summed E-state index contributed by atoms with van der Waals surface area (Å²) in [5.74, 6) is 2.91. The molecule has 0 aromatic heterocycles. The number of para-hydroxylation sites is 1. The third-order valence-corrected chi connectivity index (χ3v) is 5.06. The number of nitrogens with one attached hydrogen (secondary N) is 2. The summed E-state index contributed by atoms with van der Waals surface area (Å²) in [5, 5.41) is 6.35. The quantitative estimate of drug-likeness (QED) is 0.914. The van der Waals surface area contributed by atoms with Crippen molar-refractivity contribution in [2.75, 3.05) is 16.8 Å². The Hall–Kier alpha value is -2.14. The monoisotopic (exact) mass is 312 g/mol. The van der Waals surface area contributed by atoms with E-state index in [1.807, 2.05) is 60.3 Å².